The van der Waals surface area contributed by atoms with Crippen LogP contribution in [0, 0.1) is 0 Å². The SMILES string of the molecule is COc1ccc(CN(C(=O)COCCOc2ccccc2)C2CC2)cc1. The molecule has 0 N–H and O–H groups in total. The number of carbonyl (C=O) groups excluding carboxylic acids is 1. The minimum Gasteiger partial charge on any atom is -0.497 e. The third-order valence-corrected chi connectivity index (χ3v) is 4.29. The molecule has 1 amide bonds. The van der Waals surface area contributed by atoms with E-state index in [1.165, 1.54) is 0 Å². The van der Waals surface area contributed by atoms with E-state index < -0.39 is 0 Å². The monoisotopic (exact) mass is 355 g/mol. The van der Waals surface area contributed by atoms with Crippen molar-refractivity contribution in [2.24, 2.45) is 0 Å². The molecule has 1 aliphatic rings. The first-order valence-electron chi connectivity index (χ1n) is 8.94. The van der Waals surface area contributed by atoms with Crippen LogP contribution in [0.25, 0.3) is 0 Å². The van der Waals surface area contributed by atoms with Crippen LogP contribution in [-0.4, -0.2) is 43.8 Å². The van der Waals surface area contributed by atoms with Crippen molar-refractivity contribution in [1.82, 2.24) is 4.90 Å². The summed E-state index contributed by atoms with van der Waals surface area (Å²) in [6.07, 6.45) is 2.14. The normalized spacial score (nSPS) is 13.3. The fourth-order valence-electron chi connectivity index (χ4n) is 2.71. The van der Waals surface area contributed by atoms with Gasteiger partial charge in [-0.2, -0.15) is 0 Å². The standard InChI is InChI=1S/C21H25NO4/c1-24-19-11-7-17(8-12-19)15-22(18-9-10-18)21(23)16-25-13-14-26-20-5-3-2-4-6-20/h2-8,11-12,18H,9-10,13-16H2,1H3. The first-order chi connectivity index (χ1) is 12.8. The minimum absolute atomic E-state index is 0.0306. The highest BCUT2D eigenvalue weighted by Gasteiger charge is 2.32. The van der Waals surface area contributed by atoms with Gasteiger partial charge in [-0.15, -0.1) is 0 Å². The van der Waals surface area contributed by atoms with Gasteiger partial charge in [0.15, 0.2) is 0 Å². The van der Waals surface area contributed by atoms with Crippen molar-refractivity contribution in [3.05, 3.63) is 60.2 Å². The van der Waals surface area contributed by atoms with Crippen LogP contribution in [0.3, 0.4) is 0 Å². The van der Waals surface area contributed by atoms with E-state index >= 15 is 0 Å². The van der Waals surface area contributed by atoms with Gasteiger partial charge in [0.05, 0.1) is 13.7 Å². The van der Waals surface area contributed by atoms with Gasteiger partial charge >= 0.3 is 0 Å². The molecule has 0 aromatic heterocycles. The molecule has 2 aromatic rings. The lowest BCUT2D eigenvalue weighted by Crippen LogP contribution is -2.35. The molecule has 1 fully saturated rings. The maximum absolute atomic E-state index is 12.5. The Balaban J connectivity index is 1.42. The van der Waals surface area contributed by atoms with Crippen molar-refractivity contribution in [3.63, 3.8) is 0 Å². The van der Waals surface area contributed by atoms with E-state index in [0.717, 1.165) is 29.9 Å². The van der Waals surface area contributed by atoms with Crippen LogP contribution in [0.15, 0.2) is 54.6 Å². The molecular weight excluding hydrogens is 330 g/mol. The van der Waals surface area contributed by atoms with E-state index in [1.54, 1.807) is 7.11 Å². The molecule has 138 valence electrons. The first kappa shape index (κ1) is 18.3. The molecular formula is C21H25NO4. The molecule has 0 aliphatic heterocycles. The van der Waals surface area contributed by atoms with Crippen LogP contribution in [0.1, 0.15) is 18.4 Å². The maximum Gasteiger partial charge on any atom is 0.249 e. The number of rotatable bonds is 10. The molecule has 2 aromatic carbocycles. The topological polar surface area (TPSA) is 48.0 Å². The lowest BCUT2D eigenvalue weighted by Gasteiger charge is -2.22. The Morgan fingerprint density at radius 3 is 2.38 bits per heavy atom. The number of amides is 1. The van der Waals surface area contributed by atoms with Crippen LogP contribution < -0.4 is 9.47 Å². The molecule has 0 heterocycles. The van der Waals surface area contributed by atoms with Gasteiger partial charge in [0, 0.05) is 12.6 Å². The average molecular weight is 355 g/mol. The molecule has 0 spiro atoms. The number of nitrogens with zero attached hydrogens (tertiary/aromatic N) is 1. The Morgan fingerprint density at radius 2 is 1.73 bits per heavy atom. The molecule has 1 aliphatic carbocycles. The Hall–Kier alpha value is -2.53. The molecule has 5 heteroatoms. The molecule has 0 atom stereocenters. The third-order valence-electron chi connectivity index (χ3n) is 4.29. The fourth-order valence-corrected chi connectivity index (χ4v) is 2.71. The van der Waals surface area contributed by atoms with Gasteiger partial charge in [-0.3, -0.25) is 4.79 Å². The van der Waals surface area contributed by atoms with E-state index in [2.05, 4.69) is 0 Å². The third kappa shape index (κ3) is 5.49. The predicted octanol–water partition coefficient (Wildman–Crippen LogP) is 3.28. The van der Waals surface area contributed by atoms with Crippen LogP contribution in [0.2, 0.25) is 0 Å². The van der Waals surface area contributed by atoms with Gasteiger partial charge in [0.25, 0.3) is 0 Å². The highest BCUT2D eigenvalue weighted by molar-refractivity contribution is 5.78. The summed E-state index contributed by atoms with van der Waals surface area (Å²) < 4.78 is 16.3. The molecule has 0 unspecified atom stereocenters. The van der Waals surface area contributed by atoms with Crippen LogP contribution >= 0.6 is 0 Å². The van der Waals surface area contributed by atoms with Crippen molar-refractivity contribution >= 4 is 5.91 Å². The van der Waals surface area contributed by atoms with Gasteiger partial charge in [-0.05, 0) is 42.7 Å². The van der Waals surface area contributed by atoms with Crippen LogP contribution in [0.4, 0.5) is 0 Å². The second kappa shape index (κ2) is 9.25. The number of benzene rings is 2. The van der Waals surface area contributed by atoms with E-state index in [0.29, 0.717) is 25.8 Å². The molecule has 5 nitrogen and oxygen atoms in total. The van der Waals surface area contributed by atoms with E-state index in [9.17, 15) is 4.79 Å². The first-order valence-corrected chi connectivity index (χ1v) is 8.94. The number of hydrogen-bond acceptors (Lipinski definition) is 4. The zero-order valence-corrected chi connectivity index (χ0v) is 15.1. The van der Waals surface area contributed by atoms with Crippen molar-refractivity contribution in [2.75, 3.05) is 26.9 Å². The Kier molecular flexibility index (Phi) is 6.50. The zero-order chi connectivity index (χ0) is 18.2. The van der Waals surface area contributed by atoms with E-state index in [-0.39, 0.29) is 12.5 Å². The predicted molar refractivity (Wildman–Crippen MR) is 99.3 cm³/mol. The Labute approximate surface area is 154 Å². The molecule has 1 saturated carbocycles. The van der Waals surface area contributed by atoms with Crippen molar-refractivity contribution in [2.45, 2.75) is 25.4 Å². The lowest BCUT2D eigenvalue weighted by atomic mass is 10.2. The summed E-state index contributed by atoms with van der Waals surface area (Å²) in [5.74, 6) is 1.66. The number of hydrogen-bond donors (Lipinski definition) is 0. The van der Waals surface area contributed by atoms with E-state index in [4.69, 9.17) is 14.2 Å². The quantitative estimate of drug-likeness (QED) is 0.614. The van der Waals surface area contributed by atoms with Gasteiger partial charge < -0.3 is 19.1 Å². The number of methoxy groups -OCH3 is 1. The molecule has 0 bridgehead atoms. The summed E-state index contributed by atoms with van der Waals surface area (Å²) >= 11 is 0. The van der Waals surface area contributed by atoms with Crippen molar-refractivity contribution in [1.29, 1.82) is 0 Å². The summed E-state index contributed by atoms with van der Waals surface area (Å²) in [6, 6.07) is 17.8. The van der Waals surface area contributed by atoms with Gasteiger partial charge in [0.1, 0.15) is 24.7 Å². The van der Waals surface area contributed by atoms with Crippen molar-refractivity contribution in [3.8, 4) is 11.5 Å². The zero-order valence-electron chi connectivity index (χ0n) is 15.1. The van der Waals surface area contributed by atoms with Crippen molar-refractivity contribution < 1.29 is 19.0 Å². The summed E-state index contributed by atoms with van der Waals surface area (Å²) in [6.45, 7) is 1.52. The average Bonchev–Trinajstić information content (AvgIpc) is 3.52. The summed E-state index contributed by atoms with van der Waals surface area (Å²) in [7, 11) is 1.65. The summed E-state index contributed by atoms with van der Waals surface area (Å²) in [4.78, 5) is 14.4. The lowest BCUT2D eigenvalue weighted by molar-refractivity contribution is -0.137. The second-order valence-corrected chi connectivity index (χ2v) is 6.31. The van der Waals surface area contributed by atoms with Crippen LogP contribution in [-0.2, 0) is 16.1 Å². The molecule has 0 saturated heterocycles. The Morgan fingerprint density at radius 1 is 1.00 bits per heavy atom. The number of carbonyl (C=O) groups is 1. The highest BCUT2D eigenvalue weighted by atomic mass is 16.5. The van der Waals surface area contributed by atoms with E-state index in [1.807, 2.05) is 59.5 Å². The summed E-state index contributed by atoms with van der Waals surface area (Å²) in [5.41, 5.74) is 1.10. The van der Waals surface area contributed by atoms with Crippen LogP contribution in [0.5, 0.6) is 11.5 Å². The Bertz CT molecular complexity index is 683. The minimum atomic E-state index is 0.0306. The second-order valence-electron chi connectivity index (χ2n) is 6.31. The number of para-hydroxylation sites is 1. The maximum atomic E-state index is 12.5. The highest BCUT2D eigenvalue weighted by Crippen LogP contribution is 2.28. The van der Waals surface area contributed by atoms with Gasteiger partial charge in [-0.1, -0.05) is 30.3 Å². The van der Waals surface area contributed by atoms with Gasteiger partial charge in [0.2, 0.25) is 5.91 Å². The largest absolute Gasteiger partial charge is 0.497 e. The molecule has 0 radical (unpaired) electrons. The summed E-state index contributed by atoms with van der Waals surface area (Å²) in [5, 5.41) is 0. The number of ether oxygens (including phenoxy) is 3. The smallest absolute Gasteiger partial charge is 0.249 e. The fraction of sp³-hybridized carbons (Fsp3) is 0.381. The van der Waals surface area contributed by atoms with Gasteiger partial charge in [-0.25, -0.2) is 0 Å². The molecule has 3 rings (SSSR count). The molecule has 26 heavy (non-hydrogen) atoms.